The fraction of sp³-hybridized carbons (Fsp3) is 0.238. The molecule has 0 amide bonds. The van der Waals surface area contributed by atoms with E-state index in [2.05, 4.69) is 81.1 Å². The summed E-state index contributed by atoms with van der Waals surface area (Å²) in [6, 6.07) is 15.3. The molecule has 0 saturated heterocycles. The van der Waals surface area contributed by atoms with Crippen LogP contribution in [0.5, 0.6) is 0 Å². The number of aryl methyl sites for hydroxylation is 1. The van der Waals surface area contributed by atoms with Gasteiger partial charge >= 0.3 is 0 Å². The molecule has 5 rings (SSSR count). The minimum Gasteiger partial charge on any atom is -0.360 e. The standard InChI is InChI=1S/C21H21N5S2/c1-13-17-11-14(8-9-18(17)24-23-13)20-25-26-21(28-20)22-10-4-5-15-12-27-19-7-3-2-6-16(15)19/h2-3,6-9,11-13,23-24H,4-5,10H2,1H3,(H,22,26). The molecule has 0 spiro atoms. The van der Waals surface area contributed by atoms with Crippen molar-refractivity contribution in [3.8, 4) is 10.6 Å². The van der Waals surface area contributed by atoms with Crippen LogP contribution in [0.3, 0.4) is 0 Å². The molecule has 2 aromatic heterocycles. The second kappa shape index (κ2) is 7.50. The topological polar surface area (TPSA) is 61.9 Å². The lowest BCUT2D eigenvalue weighted by atomic mass is 10.1. The van der Waals surface area contributed by atoms with Gasteiger partial charge in [-0.1, -0.05) is 29.5 Å². The summed E-state index contributed by atoms with van der Waals surface area (Å²) in [5.74, 6) is 0. The van der Waals surface area contributed by atoms with E-state index in [4.69, 9.17) is 0 Å². The average molecular weight is 408 g/mol. The van der Waals surface area contributed by atoms with Crippen molar-refractivity contribution in [3.63, 3.8) is 0 Å². The summed E-state index contributed by atoms with van der Waals surface area (Å²) in [6.07, 6.45) is 2.15. The monoisotopic (exact) mass is 407 g/mol. The molecule has 28 heavy (non-hydrogen) atoms. The van der Waals surface area contributed by atoms with Gasteiger partial charge in [-0.05, 0) is 65.9 Å². The maximum Gasteiger partial charge on any atom is 0.206 e. The summed E-state index contributed by atoms with van der Waals surface area (Å²) < 4.78 is 1.37. The van der Waals surface area contributed by atoms with Gasteiger partial charge in [0.1, 0.15) is 5.01 Å². The van der Waals surface area contributed by atoms with Crippen molar-refractivity contribution in [2.45, 2.75) is 25.8 Å². The zero-order valence-corrected chi connectivity index (χ0v) is 17.2. The van der Waals surface area contributed by atoms with Gasteiger partial charge in [-0.25, -0.2) is 5.43 Å². The van der Waals surface area contributed by atoms with Crippen molar-refractivity contribution in [2.75, 3.05) is 17.3 Å². The molecule has 0 radical (unpaired) electrons. The molecule has 1 atom stereocenters. The van der Waals surface area contributed by atoms with Crippen molar-refractivity contribution < 1.29 is 0 Å². The number of benzene rings is 2. The summed E-state index contributed by atoms with van der Waals surface area (Å²) >= 11 is 3.44. The molecule has 1 aliphatic rings. The highest BCUT2D eigenvalue weighted by Gasteiger charge is 2.18. The molecule has 2 aromatic carbocycles. The molecular weight excluding hydrogens is 386 g/mol. The highest BCUT2D eigenvalue weighted by Crippen LogP contribution is 2.34. The first-order chi connectivity index (χ1) is 13.8. The van der Waals surface area contributed by atoms with Crippen LogP contribution in [0.15, 0.2) is 47.8 Å². The molecule has 4 aromatic rings. The highest BCUT2D eigenvalue weighted by molar-refractivity contribution is 7.18. The minimum atomic E-state index is 0.300. The van der Waals surface area contributed by atoms with Gasteiger partial charge in [-0.2, -0.15) is 0 Å². The molecule has 0 saturated carbocycles. The van der Waals surface area contributed by atoms with E-state index in [1.54, 1.807) is 11.3 Å². The Kier molecular flexibility index (Phi) is 4.72. The fourth-order valence-electron chi connectivity index (χ4n) is 3.54. The predicted octanol–water partition coefficient (Wildman–Crippen LogP) is 5.46. The summed E-state index contributed by atoms with van der Waals surface area (Å²) in [5.41, 5.74) is 11.4. The lowest BCUT2D eigenvalue weighted by Gasteiger charge is -2.03. The van der Waals surface area contributed by atoms with E-state index in [0.717, 1.165) is 40.8 Å². The molecule has 5 nitrogen and oxygen atoms in total. The van der Waals surface area contributed by atoms with Gasteiger partial charge in [0.2, 0.25) is 5.13 Å². The van der Waals surface area contributed by atoms with Crippen LogP contribution in [0.25, 0.3) is 20.7 Å². The Labute approximate surface area is 171 Å². The third-order valence-electron chi connectivity index (χ3n) is 5.07. The predicted molar refractivity (Wildman–Crippen MR) is 119 cm³/mol. The van der Waals surface area contributed by atoms with Crippen molar-refractivity contribution in [3.05, 3.63) is 59.0 Å². The number of hydrazine groups is 1. The summed E-state index contributed by atoms with van der Waals surface area (Å²) in [5, 5.41) is 17.6. The molecule has 1 unspecified atom stereocenters. The van der Waals surface area contributed by atoms with Crippen LogP contribution in [0, 0.1) is 0 Å². The first-order valence-corrected chi connectivity index (χ1v) is 11.2. The summed E-state index contributed by atoms with van der Waals surface area (Å²) in [7, 11) is 0. The lowest BCUT2D eigenvalue weighted by Crippen LogP contribution is -2.15. The van der Waals surface area contributed by atoms with Gasteiger partial charge in [-0.15, -0.1) is 21.5 Å². The molecule has 0 aliphatic carbocycles. The molecule has 0 bridgehead atoms. The Hall–Kier alpha value is -2.48. The van der Waals surface area contributed by atoms with Gasteiger partial charge < -0.3 is 10.7 Å². The summed E-state index contributed by atoms with van der Waals surface area (Å²) in [6.45, 7) is 3.04. The van der Waals surface area contributed by atoms with E-state index in [0.29, 0.717) is 6.04 Å². The van der Waals surface area contributed by atoms with Crippen molar-refractivity contribution >= 4 is 43.6 Å². The molecule has 0 fully saturated rings. The number of nitrogens with one attached hydrogen (secondary N) is 3. The van der Waals surface area contributed by atoms with Crippen LogP contribution in [-0.2, 0) is 6.42 Å². The van der Waals surface area contributed by atoms with E-state index in [9.17, 15) is 0 Å². The quantitative estimate of drug-likeness (QED) is 0.371. The first-order valence-electron chi connectivity index (χ1n) is 9.46. The van der Waals surface area contributed by atoms with Crippen molar-refractivity contribution in [1.29, 1.82) is 0 Å². The van der Waals surface area contributed by atoms with Gasteiger partial charge in [0.15, 0.2) is 0 Å². The lowest BCUT2D eigenvalue weighted by molar-refractivity contribution is 0.687. The summed E-state index contributed by atoms with van der Waals surface area (Å²) in [4.78, 5) is 0. The molecule has 1 aliphatic heterocycles. The van der Waals surface area contributed by atoms with Crippen LogP contribution >= 0.6 is 22.7 Å². The molecule has 3 heterocycles. The van der Waals surface area contributed by atoms with Crippen LogP contribution in [0.2, 0.25) is 0 Å². The Bertz CT molecular complexity index is 1120. The Balaban J connectivity index is 1.20. The second-order valence-corrected chi connectivity index (χ2v) is 8.88. The number of thiophene rings is 1. The average Bonchev–Trinajstić information content (AvgIpc) is 3.44. The highest BCUT2D eigenvalue weighted by atomic mass is 32.1. The SMILES string of the molecule is CC1NNc2ccc(-c3nnc(NCCCc4csc5ccccc45)s3)cc21. The van der Waals surface area contributed by atoms with E-state index in [1.807, 2.05) is 11.3 Å². The minimum absolute atomic E-state index is 0.300. The van der Waals surface area contributed by atoms with Gasteiger partial charge in [0.05, 0.1) is 11.7 Å². The van der Waals surface area contributed by atoms with Gasteiger partial charge in [0, 0.05) is 16.8 Å². The van der Waals surface area contributed by atoms with Crippen LogP contribution in [-0.4, -0.2) is 16.7 Å². The number of hydrogen-bond acceptors (Lipinski definition) is 7. The zero-order valence-electron chi connectivity index (χ0n) is 15.5. The number of fused-ring (bicyclic) bond motifs is 2. The normalized spacial score (nSPS) is 15.5. The Morgan fingerprint density at radius 1 is 1.14 bits per heavy atom. The van der Waals surface area contributed by atoms with Gasteiger partial charge in [0.25, 0.3) is 0 Å². The smallest absolute Gasteiger partial charge is 0.206 e. The number of rotatable bonds is 6. The third-order valence-corrected chi connectivity index (χ3v) is 7.02. The van der Waals surface area contributed by atoms with E-state index >= 15 is 0 Å². The number of anilines is 2. The molecule has 7 heteroatoms. The first kappa shape index (κ1) is 17.6. The fourth-order valence-corrected chi connectivity index (χ4v) is 5.31. The molecular formula is C21H21N5S2. The maximum absolute atomic E-state index is 4.37. The Morgan fingerprint density at radius 2 is 2.07 bits per heavy atom. The van der Waals surface area contributed by atoms with Crippen LogP contribution < -0.4 is 16.2 Å². The number of hydrogen-bond donors (Lipinski definition) is 3. The van der Waals surface area contributed by atoms with Crippen LogP contribution in [0.1, 0.15) is 30.5 Å². The molecule has 142 valence electrons. The van der Waals surface area contributed by atoms with E-state index in [1.165, 1.54) is 21.2 Å². The maximum atomic E-state index is 4.37. The molecule has 3 N–H and O–H groups in total. The van der Waals surface area contributed by atoms with E-state index < -0.39 is 0 Å². The Morgan fingerprint density at radius 3 is 3.04 bits per heavy atom. The second-order valence-electron chi connectivity index (χ2n) is 6.99. The zero-order chi connectivity index (χ0) is 18.9. The van der Waals surface area contributed by atoms with E-state index in [-0.39, 0.29) is 0 Å². The van der Waals surface area contributed by atoms with Gasteiger partial charge in [-0.3, -0.25) is 0 Å². The largest absolute Gasteiger partial charge is 0.360 e. The third kappa shape index (κ3) is 3.37. The van der Waals surface area contributed by atoms with Crippen molar-refractivity contribution in [2.24, 2.45) is 0 Å². The van der Waals surface area contributed by atoms with Crippen LogP contribution in [0.4, 0.5) is 10.8 Å². The number of nitrogens with zero attached hydrogens (tertiary/aromatic N) is 2. The van der Waals surface area contributed by atoms with Crippen molar-refractivity contribution in [1.82, 2.24) is 15.6 Å². The number of aromatic nitrogens is 2.